The zero-order chi connectivity index (χ0) is 14.9. The molecule has 0 N–H and O–H groups in total. The van der Waals surface area contributed by atoms with Crippen molar-refractivity contribution in [1.82, 2.24) is 0 Å². The first kappa shape index (κ1) is 14.2. The van der Waals surface area contributed by atoms with Crippen LogP contribution in [0.3, 0.4) is 0 Å². The highest BCUT2D eigenvalue weighted by molar-refractivity contribution is 5.65. The SMILES string of the molecule is Fc1cc(F)c(-c2ccc(OC(F)(F)F)cc2)cc1F. The highest BCUT2D eigenvalue weighted by atomic mass is 19.4. The Morgan fingerprint density at radius 3 is 1.85 bits per heavy atom. The van der Waals surface area contributed by atoms with Crippen molar-refractivity contribution >= 4 is 0 Å². The quantitative estimate of drug-likeness (QED) is 0.577. The van der Waals surface area contributed by atoms with E-state index in [2.05, 4.69) is 4.74 Å². The Balaban J connectivity index is 2.33. The van der Waals surface area contributed by atoms with Gasteiger partial charge >= 0.3 is 6.36 Å². The number of hydrogen-bond acceptors (Lipinski definition) is 1. The van der Waals surface area contributed by atoms with E-state index in [0.29, 0.717) is 12.1 Å². The molecule has 0 heterocycles. The van der Waals surface area contributed by atoms with Crippen molar-refractivity contribution in [2.24, 2.45) is 0 Å². The average molecular weight is 292 g/mol. The fourth-order valence-electron chi connectivity index (χ4n) is 1.58. The number of hydrogen-bond donors (Lipinski definition) is 0. The van der Waals surface area contributed by atoms with Gasteiger partial charge in [-0.25, -0.2) is 13.2 Å². The normalized spacial score (nSPS) is 11.5. The van der Waals surface area contributed by atoms with Gasteiger partial charge in [-0.2, -0.15) is 0 Å². The summed E-state index contributed by atoms with van der Waals surface area (Å²) in [5.41, 5.74) is -0.168. The second kappa shape index (κ2) is 5.07. The minimum Gasteiger partial charge on any atom is -0.406 e. The van der Waals surface area contributed by atoms with E-state index in [9.17, 15) is 26.3 Å². The zero-order valence-corrected chi connectivity index (χ0v) is 9.64. The average Bonchev–Trinajstić information content (AvgIpc) is 2.33. The molecule has 20 heavy (non-hydrogen) atoms. The van der Waals surface area contributed by atoms with Gasteiger partial charge in [0.1, 0.15) is 11.6 Å². The second-order valence-electron chi connectivity index (χ2n) is 3.82. The monoisotopic (exact) mass is 292 g/mol. The van der Waals surface area contributed by atoms with Gasteiger partial charge in [-0.05, 0) is 23.8 Å². The van der Waals surface area contributed by atoms with Crippen LogP contribution in [0.25, 0.3) is 11.1 Å². The smallest absolute Gasteiger partial charge is 0.406 e. The van der Waals surface area contributed by atoms with Crippen molar-refractivity contribution in [3.05, 3.63) is 53.8 Å². The zero-order valence-electron chi connectivity index (χ0n) is 9.64. The molecule has 0 aliphatic rings. The summed E-state index contributed by atoms with van der Waals surface area (Å²) < 4.78 is 78.8. The lowest BCUT2D eigenvalue weighted by Gasteiger charge is -2.10. The predicted octanol–water partition coefficient (Wildman–Crippen LogP) is 4.67. The number of alkyl halides is 3. The van der Waals surface area contributed by atoms with Crippen LogP contribution in [0.5, 0.6) is 5.75 Å². The molecule has 106 valence electrons. The Morgan fingerprint density at radius 1 is 0.750 bits per heavy atom. The van der Waals surface area contributed by atoms with Crippen molar-refractivity contribution in [2.45, 2.75) is 6.36 Å². The largest absolute Gasteiger partial charge is 0.573 e. The van der Waals surface area contributed by atoms with E-state index in [1.807, 2.05) is 0 Å². The molecule has 2 rings (SSSR count). The summed E-state index contributed by atoms with van der Waals surface area (Å²) in [5.74, 6) is -4.11. The fourth-order valence-corrected chi connectivity index (χ4v) is 1.58. The van der Waals surface area contributed by atoms with Gasteiger partial charge in [0.2, 0.25) is 0 Å². The van der Waals surface area contributed by atoms with Crippen LogP contribution in [0.1, 0.15) is 0 Å². The first-order chi connectivity index (χ1) is 9.26. The third kappa shape index (κ3) is 3.23. The third-order valence-electron chi connectivity index (χ3n) is 2.41. The van der Waals surface area contributed by atoms with Crippen LogP contribution in [0, 0.1) is 17.5 Å². The Kier molecular flexibility index (Phi) is 3.61. The van der Waals surface area contributed by atoms with Crippen LogP contribution in [0.4, 0.5) is 26.3 Å². The molecule has 0 aliphatic heterocycles. The van der Waals surface area contributed by atoms with Crippen LogP contribution in [0.2, 0.25) is 0 Å². The van der Waals surface area contributed by atoms with Gasteiger partial charge in [0.05, 0.1) is 0 Å². The molecular weight excluding hydrogens is 286 g/mol. The minimum atomic E-state index is -4.84. The highest BCUT2D eigenvalue weighted by Gasteiger charge is 2.31. The molecule has 2 aromatic rings. The Morgan fingerprint density at radius 2 is 1.30 bits per heavy atom. The molecule has 7 heteroatoms. The summed E-state index contributed by atoms with van der Waals surface area (Å²) in [6, 6.07) is 5.11. The maximum atomic E-state index is 13.5. The number of halogens is 6. The third-order valence-corrected chi connectivity index (χ3v) is 2.41. The van der Waals surface area contributed by atoms with Crippen LogP contribution in [-0.2, 0) is 0 Å². The standard InChI is InChI=1S/C13H6F6O/c14-10-6-12(16)11(15)5-9(10)7-1-3-8(4-2-7)20-13(17,18)19/h1-6H. The molecule has 0 amide bonds. The summed E-state index contributed by atoms with van der Waals surface area (Å²) in [6.45, 7) is 0. The highest BCUT2D eigenvalue weighted by Crippen LogP contribution is 2.29. The molecule has 0 aliphatic carbocycles. The Bertz CT molecular complexity index is 618. The van der Waals surface area contributed by atoms with E-state index in [1.165, 1.54) is 0 Å². The van der Waals surface area contributed by atoms with Gasteiger partial charge in [-0.3, -0.25) is 0 Å². The van der Waals surface area contributed by atoms with Gasteiger partial charge in [0.15, 0.2) is 11.6 Å². The molecule has 0 bridgehead atoms. The molecular formula is C13H6F6O. The van der Waals surface area contributed by atoms with E-state index >= 15 is 0 Å². The van der Waals surface area contributed by atoms with Crippen LogP contribution in [-0.4, -0.2) is 6.36 Å². The van der Waals surface area contributed by atoms with Crippen LogP contribution < -0.4 is 4.74 Å². The van der Waals surface area contributed by atoms with Gasteiger partial charge < -0.3 is 4.74 Å². The van der Waals surface area contributed by atoms with Crippen molar-refractivity contribution in [3.63, 3.8) is 0 Å². The lowest BCUT2D eigenvalue weighted by atomic mass is 10.0. The van der Waals surface area contributed by atoms with Crippen molar-refractivity contribution in [3.8, 4) is 16.9 Å². The van der Waals surface area contributed by atoms with Gasteiger partial charge in [-0.15, -0.1) is 13.2 Å². The van der Waals surface area contributed by atoms with Gasteiger partial charge in [0, 0.05) is 11.6 Å². The summed E-state index contributed by atoms with van der Waals surface area (Å²) >= 11 is 0. The van der Waals surface area contributed by atoms with E-state index in [1.54, 1.807) is 0 Å². The van der Waals surface area contributed by atoms with E-state index < -0.39 is 29.6 Å². The number of ether oxygens (including phenoxy) is 1. The van der Waals surface area contributed by atoms with Gasteiger partial charge in [0.25, 0.3) is 0 Å². The Labute approximate surface area is 109 Å². The first-order valence-electron chi connectivity index (χ1n) is 5.27. The fraction of sp³-hybridized carbons (Fsp3) is 0.0769. The molecule has 0 spiro atoms. The van der Waals surface area contributed by atoms with Crippen molar-refractivity contribution in [2.75, 3.05) is 0 Å². The lowest BCUT2D eigenvalue weighted by Crippen LogP contribution is -2.16. The molecule has 0 aromatic heterocycles. The van der Waals surface area contributed by atoms with Crippen LogP contribution >= 0.6 is 0 Å². The summed E-state index contributed by atoms with van der Waals surface area (Å²) in [7, 11) is 0. The molecule has 1 nitrogen and oxygen atoms in total. The number of rotatable bonds is 2. The van der Waals surface area contributed by atoms with Crippen molar-refractivity contribution in [1.29, 1.82) is 0 Å². The lowest BCUT2D eigenvalue weighted by molar-refractivity contribution is -0.274. The molecule has 2 aromatic carbocycles. The summed E-state index contributed by atoms with van der Waals surface area (Å²) in [6.07, 6.45) is -4.84. The topological polar surface area (TPSA) is 9.23 Å². The molecule has 0 saturated carbocycles. The second-order valence-corrected chi connectivity index (χ2v) is 3.82. The van der Waals surface area contributed by atoms with Crippen molar-refractivity contribution < 1.29 is 31.1 Å². The van der Waals surface area contributed by atoms with Crippen LogP contribution in [0.15, 0.2) is 36.4 Å². The summed E-state index contributed by atoms with van der Waals surface area (Å²) in [4.78, 5) is 0. The minimum absolute atomic E-state index is 0.0934. The first-order valence-corrected chi connectivity index (χ1v) is 5.27. The molecule has 0 saturated heterocycles. The maximum Gasteiger partial charge on any atom is 0.573 e. The Hall–Kier alpha value is -2.18. The van der Waals surface area contributed by atoms with E-state index in [4.69, 9.17) is 0 Å². The maximum absolute atomic E-state index is 13.5. The molecule has 0 atom stereocenters. The van der Waals surface area contributed by atoms with E-state index in [-0.39, 0.29) is 11.1 Å². The molecule has 0 radical (unpaired) electrons. The van der Waals surface area contributed by atoms with E-state index in [0.717, 1.165) is 24.3 Å². The predicted molar refractivity (Wildman–Crippen MR) is 58.4 cm³/mol. The molecule has 0 unspecified atom stereocenters. The van der Waals surface area contributed by atoms with Gasteiger partial charge in [-0.1, -0.05) is 12.1 Å². The number of benzene rings is 2. The summed E-state index contributed by atoms with van der Waals surface area (Å²) in [5, 5.41) is 0. The molecule has 0 fully saturated rings.